The first-order valence-electron chi connectivity index (χ1n) is 6.97. The van der Waals surface area contributed by atoms with Crippen LogP contribution in [-0.4, -0.2) is 43.4 Å². The Morgan fingerprint density at radius 2 is 1.86 bits per heavy atom. The first kappa shape index (κ1) is 17.5. The fourth-order valence-corrected chi connectivity index (χ4v) is 2.40. The van der Waals surface area contributed by atoms with E-state index in [0.717, 1.165) is 31.6 Å². The van der Waals surface area contributed by atoms with Crippen molar-refractivity contribution in [1.29, 1.82) is 0 Å². The van der Waals surface area contributed by atoms with Gasteiger partial charge in [0.15, 0.2) is 0 Å². The number of hydrogen-bond acceptors (Lipinski definition) is 3. The van der Waals surface area contributed by atoms with E-state index in [1.165, 1.54) is 4.90 Å². The van der Waals surface area contributed by atoms with E-state index in [0.29, 0.717) is 0 Å². The lowest BCUT2D eigenvalue weighted by molar-refractivity contribution is -0.137. The second kappa shape index (κ2) is 8.64. The molecule has 0 atom stereocenters. The second-order valence-corrected chi connectivity index (χ2v) is 5.13. The van der Waals surface area contributed by atoms with Crippen LogP contribution in [0, 0.1) is 5.92 Å². The van der Waals surface area contributed by atoms with Gasteiger partial charge in [-0.15, -0.1) is 12.4 Å². The molecule has 0 spiro atoms. The quantitative estimate of drug-likeness (QED) is 0.886. The van der Waals surface area contributed by atoms with Crippen molar-refractivity contribution in [3.63, 3.8) is 0 Å². The van der Waals surface area contributed by atoms with E-state index in [2.05, 4.69) is 10.6 Å². The van der Waals surface area contributed by atoms with Crippen LogP contribution in [0.4, 0.5) is 5.69 Å². The lowest BCUT2D eigenvalue weighted by Crippen LogP contribution is -2.42. The number of benzene rings is 1. The summed E-state index contributed by atoms with van der Waals surface area (Å²) < 4.78 is 0. The van der Waals surface area contributed by atoms with Crippen molar-refractivity contribution in [2.75, 3.05) is 32.0 Å². The summed E-state index contributed by atoms with van der Waals surface area (Å²) in [6.45, 7) is 1.85. The number of nitrogens with one attached hydrogen (secondary N) is 2. The molecule has 0 radical (unpaired) electrons. The Hall–Kier alpha value is -1.59. The van der Waals surface area contributed by atoms with Crippen LogP contribution in [0.1, 0.15) is 12.8 Å². The molecule has 21 heavy (non-hydrogen) atoms. The highest BCUT2D eigenvalue weighted by atomic mass is 35.5. The molecule has 0 unspecified atom stereocenters. The molecule has 1 saturated heterocycles. The standard InChI is InChI=1S/C15H21N3O2.ClH/c1-18(15(20)12-7-9-16-10-8-12)11-14(19)17-13-5-3-2-4-6-13;/h2-6,12,16H,7-11H2,1H3,(H,17,19);1H. The van der Waals surface area contributed by atoms with Crippen LogP contribution in [0.15, 0.2) is 30.3 Å². The first-order chi connectivity index (χ1) is 9.66. The van der Waals surface area contributed by atoms with Gasteiger partial charge in [0.05, 0.1) is 6.54 Å². The molecule has 6 heteroatoms. The highest BCUT2D eigenvalue weighted by Crippen LogP contribution is 2.14. The van der Waals surface area contributed by atoms with Crippen LogP contribution >= 0.6 is 12.4 Å². The number of rotatable bonds is 4. The van der Waals surface area contributed by atoms with Crippen molar-refractivity contribution in [2.24, 2.45) is 5.92 Å². The number of para-hydroxylation sites is 1. The predicted molar refractivity (Wildman–Crippen MR) is 85.6 cm³/mol. The van der Waals surface area contributed by atoms with Gasteiger partial charge in [0.25, 0.3) is 0 Å². The second-order valence-electron chi connectivity index (χ2n) is 5.13. The van der Waals surface area contributed by atoms with Crippen molar-refractivity contribution in [2.45, 2.75) is 12.8 Å². The summed E-state index contributed by atoms with van der Waals surface area (Å²) >= 11 is 0. The van der Waals surface area contributed by atoms with Gasteiger partial charge in [0, 0.05) is 18.7 Å². The molecule has 0 saturated carbocycles. The maximum Gasteiger partial charge on any atom is 0.243 e. The Morgan fingerprint density at radius 1 is 1.24 bits per heavy atom. The van der Waals surface area contributed by atoms with Crippen LogP contribution in [-0.2, 0) is 9.59 Å². The largest absolute Gasteiger partial charge is 0.336 e. The van der Waals surface area contributed by atoms with E-state index in [4.69, 9.17) is 0 Å². The van der Waals surface area contributed by atoms with Gasteiger partial charge in [-0.3, -0.25) is 9.59 Å². The number of anilines is 1. The molecule has 2 amide bonds. The van der Waals surface area contributed by atoms with Gasteiger partial charge in [-0.2, -0.15) is 0 Å². The molecule has 2 N–H and O–H groups in total. The molecule has 116 valence electrons. The van der Waals surface area contributed by atoms with Gasteiger partial charge >= 0.3 is 0 Å². The summed E-state index contributed by atoms with van der Waals surface area (Å²) in [5, 5.41) is 6.02. The molecule has 1 aliphatic heterocycles. The maximum absolute atomic E-state index is 12.2. The lowest BCUT2D eigenvalue weighted by Gasteiger charge is -2.26. The number of likely N-dealkylation sites (N-methyl/N-ethyl adjacent to an activating group) is 1. The normalized spacial score (nSPS) is 14.9. The molecule has 0 aliphatic carbocycles. The summed E-state index contributed by atoms with van der Waals surface area (Å²) in [6, 6.07) is 9.26. The molecule has 2 rings (SSSR count). The Labute approximate surface area is 131 Å². The molecular weight excluding hydrogens is 290 g/mol. The van der Waals surface area contributed by atoms with Crippen LogP contribution < -0.4 is 10.6 Å². The van der Waals surface area contributed by atoms with E-state index in [9.17, 15) is 9.59 Å². The summed E-state index contributed by atoms with van der Waals surface area (Å²) in [5.41, 5.74) is 0.750. The predicted octanol–water partition coefficient (Wildman–Crippen LogP) is 1.50. The highest BCUT2D eigenvalue weighted by Gasteiger charge is 2.24. The summed E-state index contributed by atoms with van der Waals surface area (Å²) in [7, 11) is 1.69. The Bertz CT molecular complexity index is 461. The zero-order valence-electron chi connectivity index (χ0n) is 12.2. The minimum Gasteiger partial charge on any atom is -0.336 e. The summed E-state index contributed by atoms with van der Waals surface area (Å²) in [5.74, 6) is -0.0542. The highest BCUT2D eigenvalue weighted by molar-refractivity contribution is 5.94. The smallest absolute Gasteiger partial charge is 0.243 e. The Morgan fingerprint density at radius 3 is 2.48 bits per heavy atom. The molecule has 1 aliphatic rings. The number of carbonyl (C=O) groups is 2. The average molecular weight is 312 g/mol. The Kier molecular flexibility index (Phi) is 7.19. The third-order valence-corrected chi connectivity index (χ3v) is 3.50. The van der Waals surface area contributed by atoms with Gasteiger partial charge in [0.2, 0.25) is 11.8 Å². The van der Waals surface area contributed by atoms with E-state index >= 15 is 0 Å². The SMILES string of the molecule is CN(CC(=O)Nc1ccccc1)C(=O)C1CCNCC1.Cl. The number of amides is 2. The van der Waals surface area contributed by atoms with Gasteiger partial charge in [-0.25, -0.2) is 0 Å². The number of piperidine rings is 1. The monoisotopic (exact) mass is 311 g/mol. The number of halogens is 1. The molecule has 1 heterocycles. The van der Waals surface area contributed by atoms with Crippen LogP contribution in [0.2, 0.25) is 0 Å². The third kappa shape index (κ3) is 5.36. The molecule has 1 fully saturated rings. The van der Waals surface area contributed by atoms with Gasteiger partial charge in [0.1, 0.15) is 0 Å². The maximum atomic E-state index is 12.2. The van der Waals surface area contributed by atoms with Crippen molar-refractivity contribution < 1.29 is 9.59 Å². The molecule has 0 bridgehead atoms. The molecular formula is C15H22ClN3O2. The van der Waals surface area contributed by atoms with Crippen LogP contribution in [0.5, 0.6) is 0 Å². The van der Waals surface area contributed by atoms with E-state index < -0.39 is 0 Å². The van der Waals surface area contributed by atoms with E-state index in [1.54, 1.807) is 7.05 Å². The van der Waals surface area contributed by atoms with Crippen molar-refractivity contribution in [1.82, 2.24) is 10.2 Å². The van der Waals surface area contributed by atoms with Gasteiger partial charge in [-0.1, -0.05) is 18.2 Å². The van der Waals surface area contributed by atoms with E-state index in [1.807, 2.05) is 30.3 Å². The van der Waals surface area contributed by atoms with Crippen molar-refractivity contribution >= 4 is 29.9 Å². The van der Waals surface area contributed by atoms with Gasteiger partial charge < -0.3 is 15.5 Å². The fraction of sp³-hybridized carbons (Fsp3) is 0.467. The minimum absolute atomic E-state index is 0. The number of nitrogens with zero attached hydrogens (tertiary/aromatic N) is 1. The topological polar surface area (TPSA) is 61.4 Å². The van der Waals surface area contributed by atoms with Gasteiger partial charge in [-0.05, 0) is 38.1 Å². The van der Waals surface area contributed by atoms with Crippen LogP contribution in [0.3, 0.4) is 0 Å². The van der Waals surface area contributed by atoms with Crippen LogP contribution in [0.25, 0.3) is 0 Å². The average Bonchev–Trinajstić information content (AvgIpc) is 2.48. The van der Waals surface area contributed by atoms with Crippen molar-refractivity contribution in [3.8, 4) is 0 Å². The number of carbonyl (C=O) groups excluding carboxylic acids is 2. The Balaban J connectivity index is 0.00000220. The minimum atomic E-state index is -0.166. The fourth-order valence-electron chi connectivity index (χ4n) is 2.40. The van der Waals surface area contributed by atoms with Crippen molar-refractivity contribution in [3.05, 3.63) is 30.3 Å². The third-order valence-electron chi connectivity index (χ3n) is 3.50. The lowest BCUT2D eigenvalue weighted by atomic mass is 9.97. The van der Waals surface area contributed by atoms with E-state index in [-0.39, 0.29) is 36.7 Å². The summed E-state index contributed by atoms with van der Waals surface area (Å²) in [6.07, 6.45) is 1.70. The summed E-state index contributed by atoms with van der Waals surface area (Å²) in [4.78, 5) is 25.6. The zero-order chi connectivity index (χ0) is 14.4. The molecule has 1 aromatic rings. The first-order valence-corrected chi connectivity index (χ1v) is 6.97. The molecule has 0 aromatic heterocycles. The number of hydrogen-bond donors (Lipinski definition) is 2. The molecule has 5 nitrogen and oxygen atoms in total. The zero-order valence-corrected chi connectivity index (χ0v) is 13.0. The molecule has 1 aromatic carbocycles.